The van der Waals surface area contributed by atoms with Gasteiger partial charge in [-0.15, -0.1) is 0 Å². The molecule has 94 valence electrons. The first-order valence-corrected chi connectivity index (χ1v) is 6.39. The highest BCUT2D eigenvalue weighted by Gasteiger charge is 2.57. The molecule has 4 nitrogen and oxygen atoms in total. The summed E-state index contributed by atoms with van der Waals surface area (Å²) in [5.41, 5.74) is -0.183. The average Bonchev–Trinajstić information content (AvgIpc) is 3.01. The Morgan fingerprint density at radius 3 is 2.76 bits per heavy atom. The molecule has 2 fully saturated rings. The van der Waals surface area contributed by atoms with E-state index < -0.39 is 5.41 Å². The van der Waals surface area contributed by atoms with Gasteiger partial charge in [0.2, 0.25) is 5.91 Å². The molecule has 1 aliphatic heterocycles. The molecule has 1 heterocycles. The van der Waals surface area contributed by atoms with Gasteiger partial charge in [0.15, 0.2) is 0 Å². The second-order valence-corrected chi connectivity index (χ2v) is 6.08. The van der Waals surface area contributed by atoms with E-state index in [4.69, 9.17) is 5.26 Å². The van der Waals surface area contributed by atoms with Crippen molar-refractivity contribution in [1.29, 1.82) is 5.26 Å². The molecule has 17 heavy (non-hydrogen) atoms. The number of nitriles is 1. The fraction of sp³-hybridized carbons (Fsp3) is 0.846. The first kappa shape index (κ1) is 12.4. The largest absolute Gasteiger partial charge is 0.354 e. The predicted molar refractivity (Wildman–Crippen MR) is 65.0 cm³/mol. The minimum atomic E-state index is -0.466. The molecule has 4 heteroatoms. The predicted octanol–water partition coefficient (Wildman–Crippen LogP) is 1.04. The van der Waals surface area contributed by atoms with Gasteiger partial charge in [0.25, 0.3) is 0 Å². The minimum Gasteiger partial charge on any atom is -0.354 e. The van der Waals surface area contributed by atoms with Crippen LogP contribution in [-0.2, 0) is 4.79 Å². The van der Waals surface area contributed by atoms with E-state index in [0.717, 1.165) is 32.4 Å². The molecule has 0 aromatic heterocycles. The highest BCUT2D eigenvalue weighted by molar-refractivity contribution is 5.82. The van der Waals surface area contributed by atoms with Crippen LogP contribution in [0.3, 0.4) is 0 Å². The van der Waals surface area contributed by atoms with E-state index >= 15 is 0 Å². The highest BCUT2D eigenvalue weighted by Crippen LogP contribution is 2.58. The summed E-state index contributed by atoms with van der Waals surface area (Å²) in [5, 5.41) is 15.1. The summed E-state index contributed by atoms with van der Waals surface area (Å²) in [5.74, 6) is 0.342. The summed E-state index contributed by atoms with van der Waals surface area (Å²) in [4.78, 5) is 12.0. The average molecular weight is 235 g/mol. The monoisotopic (exact) mass is 235 g/mol. The molecule has 1 aliphatic carbocycles. The van der Waals surface area contributed by atoms with Crippen molar-refractivity contribution in [2.45, 2.75) is 33.1 Å². The van der Waals surface area contributed by atoms with Crippen LogP contribution in [0.15, 0.2) is 0 Å². The van der Waals surface area contributed by atoms with E-state index in [1.165, 1.54) is 0 Å². The van der Waals surface area contributed by atoms with Crippen LogP contribution in [0.2, 0.25) is 0 Å². The number of nitrogens with one attached hydrogen (secondary N) is 2. The fourth-order valence-corrected chi connectivity index (χ4v) is 2.67. The molecule has 0 aromatic carbocycles. The SMILES string of the molecule is CC(C)(C#N)CNC(=O)C1CC12CCNCC2. The molecule has 2 aliphatic rings. The van der Waals surface area contributed by atoms with Gasteiger partial charge in [-0.05, 0) is 51.6 Å². The molecule has 1 amide bonds. The lowest BCUT2D eigenvalue weighted by Gasteiger charge is -2.23. The van der Waals surface area contributed by atoms with Crippen LogP contribution in [0.5, 0.6) is 0 Å². The van der Waals surface area contributed by atoms with Gasteiger partial charge in [0, 0.05) is 12.5 Å². The Bertz CT molecular complexity index is 350. The lowest BCUT2D eigenvalue weighted by atomic mass is 9.91. The zero-order valence-corrected chi connectivity index (χ0v) is 10.7. The molecule has 1 spiro atoms. The fourth-order valence-electron chi connectivity index (χ4n) is 2.67. The molecule has 2 rings (SSSR count). The summed E-state index contributed by atoms with van der Waals surface area (Å²) in [6.07, 6.45) is 3.27. The van der Waals surface area contributed by atoms with Crippen LogP contribution in [0.25, 0.3) is 0 Å². The van der Waals surface area contributed by atoms with Gasteiger partial charge < -0.3 is 10.6 Å². The molecule has 1 saturated heterocycles. The van der Waals surface area contributed by atoms with Gasteiger partial charge in [-0.25, -0.2) is 0 Å². The quantitative estimate of drug-likeness (QED) is 0.768. The summed E-state index contributed by atoms with van der Waals surface area (Å²) >= 11 is 0. The lowest BCUT2D eigenvalue weighted by Crippen LogP contribution is -2.37. The van der Waals surface area contributed by atoms with Gasteiger partial charge in [0.1, 0.15) is 0 Å². The van der Waals surface area contributed by atoms with E-state index in [2.05, 4.69) is 16.7 Å². The first-order chi connectivity index (χ1) is 7.99. The molecule has 0 aromatic rings. The van der Waals surface area contributed by atoms with E-state index in [0.29, 0.717) is 6.54 Å². The van der Waals surface area contributed by atoms with Gasteiger partial charge in [0.05, 0.1) is 11.5 Å². The third kappa shape index (κ3) is 2.61. The number of rotatable bonds is 3. The highest BCUT2D eigenvalue weighted by atomic mass is 16.2. The van der Waals surface area contributed by atoms with E-state index in [9.17, 15) is 4.79 Å². The molecule has 0 radical (unpaired) electrons. The van der Waals surface area contributed by atoms with E-state index in [1.807, 2.05) is 13.8 Å². The number of nitrogens with zero attached hydrogens (tertiary/aromatic N) is 1. The maximum atomic E-state index is 12.0. The molecule has 0 bridgehead atoms. The van der Waals surface area contributed by atoms with Crippen molar-refractivity contribution < 1.29 is 4.79 Å². The minimum absolute atomic E-state index is 0.148. The number of piperidine rings is 1. The maximum Gasteiger partial charge on any atom is 0.223 e. The summed E-state index contributed by atoms with van der Waals surface area (Å²) in [7, 11) is 0. The maximum absolute atomic E-state index is 12.0. The Hall–Kier alpha value is -1.08. The second kappa shape index (κ2) is 4.30. The topological polar surface area (TPSA) is 64.9 Å². The molecule has 2 N–H and O–H groups in total. The zero-order valence-electron chi connectivity index (χ0n) is 10.7. The van der Waals surface area contributed by atoms with Crippen LogP contribution in [-0.4, -0.2) is 25.5 Å². The standard InChI is InChI=1S/C13H21N3O/c1-12(2,8-14)9-16-11(17)10-7-13(10)3-5-15-6-4-13/h10,15H,3-7,9H2,1-2H3,(H,16,17). The summed E-state index contributed by atoms with van der Waals surface area (Å²) in [6, 6.07) is 2.20. The Morgan fingerprint density at radius 2 is 2.18 bits per heavy atom. The molecule has 1 atom stereocenters. The summed E-state index contributed by atoms with van der Waals surface area (Å²) < 4.78 is 0. The molecular weight excluding hydrogens is 214 g/mol. The zero-order chi connectivity index (χ0) is 12.5. The summed E-state index contributed by atoms with van der Waals surface area (Å²) in [6.45, 7) is 6.22. The van der Waals surface area contributed by atoms with E-state index in [1.54, 1.807) is 0 Å². The van der Waals surface area contributed by atoms with Crippen molar-refractivity contribution >= 4 is 5.91 Å². The van der Waals surface area contributed by atoms with Crippen molar-refractivity contribution in [1.82, 2.24) is 10.6 Å². The van der Waals surface area contributed by atoms with Gasteiger partial charge >= 0.3 is 0 Å². The molecule has 1 saturated carbocycles. The normalized spacial score (nSPS) is 26.3. The number of amides is 1. The second-order valence-electron chi connectivity index (χ2n) is 6.08. The number of hydrogen-bond donors (Lipinski definition) is 2. The Balaban J connectivity index is 1.81. The van der Waals surface area contributed by atoms with Crippen LogP contribution >= 0.6 is 0 Å². The lowest BCUT2D eigenvalue weighted by molar-refractivity contribution is -0.123. The Kier molecular flexibility index (Phi) is 3.13. The van der Waals surface area contributed by atoms with Crippen molar-refractivity contribution in [3.63, 3.8) is 0 Å². The van der Waals surface area contributed by atoms with Gasteiger partial charge in [-0.3, -0.25) is 4.79 Å². The smallest absolute Gasteiger partial charge is 0.223 e. The first-order valence-electron chi connectivity index (χ1n) is 6.39. The van der Waals surface area contributed by atoms with Gasteiger partial charge in [-0.2, -0.15) is 5.26 Å². The Labute approximate surface area is 103 Å². The van der Waals surface area contributed by atoms with Crippen molar-refractivity contribution in [3.05, 3.63) is 0 Å². The van der Waals surface area contributed by atoms with Crippen molar-refractivity contribution in [2.75, 3.05) is 19.6 Å². The number of carbonyl (C=O) groups excluding carboxylic acids is 1. The van der Waals surface area contributed by atoms with Crippen LogP contribution in [0, 0.1) is 28.1 Å². The van der Waals surface area contributed by atoms with Gasteiger partial charge in [-0.1, -0.05) is 0 Å². The molecule has 1 unspecified atom stereocenters. The van der Waals surface area contributed by atoms with Crippen LogP contribution in [0.1, 0.15) is 33.1 Å². The third-order valence-corrected chi connectivity index (χ3v) is 4.11. The number of hydrogen-bond acceptors (Lipinski definition) is 3. The third-order valence-electron chi connectivity index (χ3n) is 4.11. The van der Waals surface area contributed by atoms with Crippen LogP contribution < -0.4 is 10.6 Å². The van der Waals surface area contributed by atoms with Crippen LogP contribution in [0.4, 0.5) is 0 Å². The Morgan fingerprint density at radius 1 is 1.53 bits per heavy atom. The number of carbonyl (C=O) groups is 1. The van der Waals surface area contributed by atoms with E-state index in [-0.39, 0.29) is 17.2 Å². The van der Waals surface area contributed by atoms with Crippen molar-refractivity contribution in [3.8, 4) is 6.07 Å². The van der Waals surface area contributed by atoms with Crippen molar-refractivity contribution in [2.24, 2.45) is 16.7 Å². The molecular formula is C13H21N3O.